The zero-order chi connectivity index (χ0) is 38.1. The highest BCUT2D eigenvalue weighted by Gasteiger charge is 2.17. The minimum atomic E-state index is 0.151. The van der Waals surface area contributed by atoms with Crippen molar-refractivity contribution in [2.75, 3.05) is 0 Å². The van der Waals surface area contributed by atoms with Crippen LogP contribution >= 0.6 is 0 Å². The maximum absolute atomic E-state index is 8.93. The number of nitrogens with zero attached hydrogens (tertiary/aromatic N) is 2. The lowest BCUT2D eigenvalue weighted by atomic mass is 9.92. The molecule has 0 amide bonds. The van der Waals surface area contributed by atoms with Crippen LogP contribution in [0.15, 0.2) is 215 Å². The Labute approximate surface area is 330 Å². The third-order valence-electron chi connectivity index (χ3n) is 10.6. The highest BCUT2D eigenvalue weighted by molar-refractivity contribution is 6.21. The summed E-state index contributed by atoms with van der Waals surface area (Å²) in [4.78, 5) is 9.56. The van der Waals surface area contributed by atoms with Gasteiger partial charge in [-0.05, 0) is 79.4 Å². The molecule has 0 bridgehead atoms. The van der Waals surface area contributed by atoms with Gasteiger partial charge < -0.3 is 4.42 Å². The standard InChI is InChI=1S/C53H35N3O/c54-52(42-20-11-19-40(31-42)36-13-3-1-4-14-36)56-53(39-16-5-2-6-17-39)55-34-35-25-27-37(28-26-35)41-29-30-50-48(32-41)49-33-47(45-22-9-10-23-46(45)51(49)57-50)44-24-12-18-38-15-7-8-21-43(38)44/h1-34,54H. The zero-order valence-electron chi connectivity index (χ0n) is 30.9. The van der Waals surface area contributed by atoms with Crippen LogP contribution in [-0.4, -0.2) is 17.9 Å². The first-order chi connectivity index (χ1) is 28.2. The van der Waals surface area contributed by atoms with E-state index in [-0.39, 0.29) is 5.84 Å². The van der Waals surface area contributed by atoms with Crippen molar-refractivity contribution < 1.29 is 4.42 Å². The first-order valence-electron chi connectivity index (χ1n) is 19.1. The van der Waals surface area contributed by atoms with Gasteiger partial charge in [0.25, 0.3) is 0 Å². The van der Waals surface area contributed by atoms with E-state index in [9.17, 15) is 0 Å². The van der Waals surface area contributed by atoms with Gasteiger partial charge in [0, 0.05) is 33.5 Å². The predicted molar refractivity (Wildman–Crippen MR) is 239 cm³/mol. The van der Waals surface area contributed by atoms with Crippen LogP contribution in [0.25, 0.3) is 76.9 Å². The molecule has 0 saturated heterocycles. The number of hydrogen-bond acceptors (Lipinski definition) is 2. The van der Waals surface area contributed by atoms with Crippen LogP contribution in [0.3, 0.4) is 0 Å². The van der Waals surface area contributed by atoms with Gasteiger partial charge in [0.1, 0.15) is 11.2 Å². The summed E-state index contributed by atoms with van der Waals surface area (Å²) in [5.41, 5.74) is 11.0. The third-order valence-corrected chi connectivity index (χ3v) is 10.6. The number of nitrogens with one attached hydrogen (secondary N) is 1. The molecule has 1 N–H and O–H groups in total. The molecular formula is C53H35N3O. The topological polar surface area (TPSA) is 61.7 Å². The SMILES string of the molecule is N=C(N=C(N=Cc1ccc(-c2ccc3oc4c5ccccc5c(-c5cccc6ccccc56)cc4c3c2)cc1)c1ccccc1)c1cccc(-c2ccccc2)c1. The number of benzene rings is 9. The van der Waals surface area contributed by atoms with E-state index < -0.39 is 0 Å². The summed E-state index contributed by atoms with van der Waals surface area (Å²) in [6.07, 6.45) is 1.82. The molecule has 0 aliphatic heterocycles. The normalized spacial score (nSPS) is 12.0. The number of aliphatic imine (C=N–C) groups is 2. The van der Waals surface area contributed by atoms with Gasteiger partial charge in [-0.25, -0.2) is 9.98 Å². The van der Waals surface area contributed by atoms with E-state index in [4.69, 9.17) is 19.8 Å². The molecule has 0 radical (unpaired) electrons. The number of amidine groups is 2. The van der Waals surface area contributed by atoms with Crippen LogP contribution in [0.4, 0.5) is 0 Å². The largest absolute Gasteiger partial charge is 0.455 e. The van der Waals surface area contributed by atoms with E-state index in [0.717, 1.165) is 66.3 Å². The Balaban J connectivity index is 0.982. The maximum atomic E-state index is 8.93. The monoisotopic (exact) mass is 729 g/mol. The molecule has 0 aliphatic rings. The fourth-order valence-corrected chi connectivity index (χ4v) is 7.76. The van der Waals surface area contributed by atoms with Gasteiger partial charge in [0.15, 0.2) is 11.7 Å². The van der Waals surface area contributed by atoms with E-state index in [1.807, 2.05) is 72.9 Å². The number of furan rings is 1. The van der Waals surface area contributed by atoms with Crippen LogP contribution in [-0.2, 0) is 0 Å². The maximum Gasteiger partial charge on any atom is 0.161 e. The van der Waals surface area contributed by atoms with E-state index in [1.165, 1.54) is 27.3 Å². The molecule has 0 unspecified atom stereocenters. The number of fused-ring (bicyclic) bond motifs is 6. The predicted octanol–water partition coefficient (Wildman–Crippen LogP) is 13.8. The zero-order valence-corrected chi connectivity index (χ0v) is 30.9. The summed E-state index contributed by atoms with van der Waals surface area (Å²) in [6.45, 7) is 0. The molecule has 4 heteroatoms. The van der Waals surface area contributed by atoms with E-state index in [0.29, 0.717) is 5.84 Å². The van der Waals surface area contributed by atoms with E-state index >= 15 is 0 Å². The summed E-state index contributed by atoms with van der Waals surface area (Å²) in [7, 11) is 0. The lowest BCUT2D eigenvalue weighted by Gasteiger charge is -2.11. The van der Waals surface area contributed by atoms with Crippen molar-refractivity contribution in [3.63, 3.8) is 0 Å². The van der Waals surface area contributed by atoms with Crippen molar-refractivity contribution in [1.29, 1.82) is 5.41 Å². The first kappa shape index (κ1) is 33.8. The number of rotatable bonds is 6. The van der Waals surface area contributed by atoms with Crippen LogP contribution in [0, 0.1) is 5.41 Å². The minimum Gasteiger partial charge on any atom is -0.455 e. The van der Waals surface area contributed by atoms with Gasteiger partial charge in [-0.1, -0.05) is 176 Å². The fraction of sp³-hybridized carbons (Fsp3) is 0. The molecule has 0 spiro atoms. The molecule has 268 valence electrons. The van der Waals surface area contributed by atoms with Crippen molar-refractivity contribution >= 4 is 61.4 Å². The first-order valence-corrected chi connectivity index (χ1v) is 19.1. The van der Waals surface area contributed by atoms with Crippen molar-refractivity contribution in [2.45, 2.75) is 0 Å². The minimum absolute atomic E-state index is 0.151. The molecule has 10 rings (SSSR count). The molecular weight excluding hydrogens is 695 g/mol. The van der Waals surface area contributed by atoms with Crippen LogP contribution < -0.4 is 0 Å². The molecule has 10 aromatic rings. The molecule has 57 heavy (non-hydrogen) atoms. The summed E-state index contributed by atoms with van der Waals surface area (Å²) >= 11 is 0. The highest BCUT2D eigenvalue weighted by atomic mass is 16.3. The van der Waals surface area contributed by atoms with Crippen molar-refractivity contribution in [3.8, 4) is 33.4 Å². The summed E-state index contributed by atoms with van der Waals surface area (Å²) in [6, 6.07) is 68.7. The van der Waals surface area contributed by atoms with Gasteiger partial charge in [-0.2, -0.15) is 0 Å². The summed E-state index contributed by atoms with van der Waals surface area (Å²) in [5, 5.41) is 15.8. The van der Waals surface area contributed by atoms with Crippen molar-refractivity contribution in [2.24, 2.45) is 9.98 Å². The molecule has 1 aromatic heterocycles. The van der Waals surface area contributed by atoms with Gasteiger partial charge in [0.2, 0.25) is 0 Å². The van der Waals surface area contributed by atoms with Crippen LogP contribution in [0.2, 0.25) is 0 Å². The Kier molecular flexibility index (Phi) is 8.62. The molecule has 0 atom stereocenters. The van der Waals surface area contributed by atoms with Gasteiger partial charge in [-0.3, -0.25) is 5.41 Å². The van der Waals surface area contributed by atoms with Gasteiger partial charge in [0.05, 0.1) is 0 Å². The van der Waals surface area contributed by atoms with Crippen LogP contribution in [0.1, 0.15) is 16.7 Å². The highest BCUT2D eigenvalue weighted by Crippen LogP contribution is 2.42. The lowest BCUT2D eigenvalue weighted by molar-refractivity contribution is 0.673. The number of hydrogen-bond donors (Lipinski definition) is 1. The Bertz CT molecular complexity index is 3170. The quantitative estimate of drug-likeness (QED) is 0.134. The molecule has 0 aliphatic carbocycles. The molecule has 4 nitrogen and oxygen atoms in total. The van der Waals surface area contributed by atoms with Crippen LogP contribution in [0.5, 0.6) is 0 Å². The van der Waals surface area contributed by atoms with Gasteiger partial charge >= 0.3 is 0 Å². The molecule has 0 saturated carbocycles. The van der Waals surface area contributed by atoms with Crippen molar-refractivity contribution in [3.05, 3.63) is 217 Å². The fourth-order valence-electron chi connectivity index (χ4n) is 7.76. The van der Waals surface area contributed by atoms with Gasteiger partial charge in [-0.15, -0.1) is 0 Å². The summed E-state index contributed by atoms with van der Waals surface area (Å²) in [5.74, 6) is 0.626. The second-order valence-electron chi connectivity index (χ2n) is 14.2. The lowest BCUT2D eigenvalue weighted by Crippen LogP contribution is -2.04. The average Bonchev–Trinajstić information content (AvgIpc) is 3.66. The Morgan fingerprint density at radius 2 is 1.05 bits per heavy atom. The summed E-state index contributed by atoms with van der Waals surface area (Å²) < 4.78 is 6.58. The third kappa shape index (κ3) is 6.49. The second-order valence-corrected chi connectivity index (χ2v) is 14.2. The smallest absolute Gasteiger partial charge is 0.161 e. The average molecular weight is 730 g/mol. The Morgan fingerprint density at radius 1 is 0.439 bits per heavy atom. The molecule has 1 heterocycles. The molecule has 0 fully saturated rings. The van der Waals surface area contributed by atoms with Crippen molar-refractivity contribution in [1.82, 2.24) is 0 Å². The molecule has 9 aromatic carbocycles. The van der Waals surface area contributed by atoms with E-state index in [2.05, 4.69) is 133 Å². The van der Waals surface area contributed by atoms with E-state index in [1.54, 1.807) is 0 Å². The Morgan fingerprint density at radius 3 is 1.88 bits per heavy atom. The second kappa shape index (κ2) is 14.5. The Hall–Kier alpha value is -7.69.